The third-order valence-electron chi connectivity index (χ3n) is 8.00. The van der Waals surface area contributed by atoms with Gasteiger partial charge in [-0.05, 0) is 54.2 Å². The molecule has 0 bridgehead atoms. The molecule has 0 spiro atoms. The molecule has 1 fully saturated rings. The lowest BCUT2D eigenvalue weighted by Gasteiger charge is -2.29. The van der Waals surface area contributed by atoms with Crippen molar-refractivity contribution in [3.8, 4) is 11.1 Å². The highest BCUT2D eigenvalue weighted by Gasteiger charge is 2.26. The summed E-state index contributed by atoms with van der Waals surface area (Å²) < 4.78 is 21.0. The number of carbonyl (C=O) groups excluding carboxylic acids is 1. The van der Waals surface area contributed by atoms with E-state index < -0.39 is 23.7 Å². The van der Waals surface area contributed by atoms with E-state index in [4.69, 9.17) is 10.5 Å². The SMILES string of the molecule is N[C@@H](Cc1ccc(-c2ccccc2)cc1)C(=O)Nc1cncc(F)c1CC[C@@H]1CN[C@H](c2nc3cc(C(=O)O)ccc3[nH]2)CO1. The molecule has 0 radical (unpaired) electrons. The van der Waals surface area contributed by atoms with Gasteiger partial charge < -0.3 is 31.2 Å². The van der Waals surface area contributed by atoms with E-state index in [0.717, 1.165) is 28.4 Å². The Bertz CT molecular complexity index is 1800. The number of carbonyl (C=O) groups is 2. The third-order valence-corrected chi connectivity index (χ3v) is 8.00. The molecule has 45 heavy (non-hydrogen) atoms. The van der Waals surface area contributed by atoms with Crippen LogP contribution < -0.4 is 16.4 Å². The zero-order chi connectivity index (χ0) is 31.3. The molecular formula is C34H33FN6O4. The van der Waals surface area contributed by atoms with Gasteiger partial charge in [0.2, 0.25) is 5.91 Å². The van der Waals surface area contributed by atoms with Crippen LogP contribution in [-0.4, -0.2) is 57.2 Å². The number of pyridine rings is 1. The number of hydrogen-bond acceptors (Lipinski definition) is 7. The third kappa shape index (κ3) is 7.07. The van der Waals surface area contributed by atoms with E-state index in [1.165, 1.54) is 18.3 Å². The standard InChI is InChI=1S/C34H33FN6O4/c35-26-17-37-18-30(41-33(42)27(36)14-20-6-8-22(9-7-20)21-4-2-1-3-5-21)25(26)12-11-24-16-38-31(19-45-24)32-39-28-13-10-23(34(43)44)15-29(28)40-32/h1-10,13,15,17-18,24,27,31,38H,11-12,14,16,19,36H2,(H,39,40)(H,41,42)(H,43,44)/t24-,27+,31+/m1/s1. The minimum absolute atomic E-state index is 0.170. The number of ether oxygens (including phenoxy) is 1. The maximum atomic E-state index is 14.9. The maximum Gasteiger partial charge on any atom is 0.335 e. The molecule has 3 atom stereocenters. The smallest absolute Gasteiger partial charge is 0.335 e. The number of hydrogen-bond donors (Lipinski definition) is 5. The molecule has 3 aromatic carbocycles. The highest BCUT2D eigenvalue weighted by atomic mass is 19.1. The number of H-pyrrole nitrogens is 1. The average molecular weight is 609 g/mol. The number of nitrogens with zero attached hydrogens (tertiary/aromatic N) is 2. The number of aromatic amines is 1. The van der Waals surface area contributed by atoms with Crippen LogP contribution in [0.5, 0.6) is 0 Å². The zero-order valence-corrected chi connectivity index (χ0v) is 24.4. The van der Waals surface area contributed by atoms with Crippen molar-refractivity contribution in [1.82, 2.24) is 20.3 Å². The van der Waals surface area contributed by atoms with Crippen molar-refractivity contribution in [2.75, 3.05) is 18.5 Å². The Morgan fingerprint density at radius 1 is 1.07 bits per heavy atom. The molecule has 0 unspecified atom stereocenters. The van der Waals surface area contributed by atoms with E-state index in [1.807, 2.05) is 54.6 Å². The van der Waals surface area contributed by atoms with Crippen molar-refractivity contribution in [1.29, 1.82) is 0 Å². The van der Waals surface area contributed by atoms with Crippen LogP contribution in [0.2, 0.25) is 0 Å². The van der Waals surface area contributed by atoms with Crippen LogP contribution in [-0.2, 0) is 22.4 Å². The van der Waals surface area contributed by atoms with E-state index in [0.29, 0.717) is 55.0 Å². The highest BCUT2D eigenvalue weighted by molar-refractivity contribution is 5.95. The summed E-state index contributed by atoms with van der Waals surface area (Å²) in [4.78, 5) is 36.0. The Balaban J connectivity index is 1.02. The molecule has 11 heteroatoms. The molecule has 1 aliphatic rings. The number of carboxylic acids is 1. The molecule has 5 aromatic rings. The number of anilines is 1. The molecule has 6 rings (SSSR count). The van der Waals surface area contributed by atoms with Gasteiger partial charge in [-0.2, -0.15) is 0 Å². The van der Waals surface area contributed by atoms with Gasteiger partial charge >= 0.3 is 5.97 Å². The number of halogens is 1. The molecule has 1 aliphatic heterocycles. The van der Waals surface area contributed by atoms with Crippen molar-refractivity contribution in [2.45, 2.75) is 37.5 Å². The van der Waals surface area contributed by atoms with Crippen LogP contribution in [0, 0.1) is 5.82 Å². The summed E-state index contributed by atoms with van der Waals surface area (Å²) in [7, 11) is 0. The molecule has 1 amide bonds. The first kappa shape index (κ1) is 30.1. The number of nitrogens with one attached hydrogen (secondary N) is 3. The number of benzene rings is 3. The lowest BCUT2D eigenvalue weighted by Crippen LogP contribution is -2.41. The van der Waals surface area contributed by atoms with Gasteiger partial charge in [0, 0.05) is 12.1 Å². The van der Waals surface area contributed by atoms with Crippen LogP contribution in [0.25, 0.3) is 22.2 Å². The summed E-state index contributed by atoms with van der Waals surface area (Å²) in [5.41, 5.74) is 11.5. The quantitative estimate of drug-likeness (QED) is 0.154. The molecule has 2 aromatic heterocycles. The predicted molar refractivity (Wildman–Crippen MR) is 168 cm³/mol. The number of morpholine rings is 1. The Kier molecular flexibility index (Phi) is 8.92. The molecule has 230 valence electrons. The van der Waals surface area contributed by atoms with Crippen LogP contribution in [0.4, 0.5) is 10.1 Å². The second kappa shape index (κ2) is 13.3. The summed E-state index contributed by atoms with van der Waals surface area (Å²) in [6.45, 7) is 0.838. The lowest BCUT2D eigenvalue weighted by molar-refractivity contribution is -0.117. The number of nitrogens with two attached hydrogens (primary N) is 1. The van der Waals surface area contributed by atoms with Crippen LogP contribution in [0.15, 0.2) is 85.2 Å². The fraction of sp³-hybridized carbons (Fsp3) is 0.235. The molecule has 0 aliphatic carbocycles. The second-order valence-corrected chi connectivity index (χ2v) is 11.1. The molecule has 6 N–H and O–H groups in total. The van der Waals surface area contributed by atoms with Crippen LogP contribution in [0.1, 0.15) is 39.8 Å². The Morgan fingerprint density at radius 3 is 2.58 bits per heavy atom. The predicted octanol–water partition coefficient (Wildman–Crippen LogP) is 4.63. The monoisotopic (exact) mass is 608 g/mol. The van der Waals surface area contributed by atoms with Gasteiger partial charge in [0.05, 0.1) is 59.5 Å². The van der Waals surface area contributed by atoms with Gasteiger partial charge in [0.15, 0.2) is 0 Å². The fourth-order valence-corrected chi connectivity index (χ4v) is 5.47. The summed E-state index contributed by atoms with van der Waals surface area (Å²) in [6.07, 6.45) is 3.53. The van der Waals surface area contributed by atoms with E-state index in [2.05, 4.69) is 25.6 Å². The first-order chi connectivity index (χ1) is 21.8. The Morgan fingerprint density at radius 2 is 1.84 bits per heavy atom. The van der Waals surface area contributed by atoms with Gasteiger partial charge in [-0.3, -0.25) is 9.78 Å². The van der Waals surface area contributed by atoms with Crippen molar-refractivity contribution in [2.24, 2.45) is 5.73 Å². The molecule has 0 saturated carbocycles. The zero-order valence-electron chi connectivity index (χ0n) is 24.4. The number of carboxylic acid groups (broad SMARTS) is 1. The second-order valence-electron chi connectivity index (χ2n) is 11.1. The minimum atomic E-state index is -1.01. The normalized spacial score (nSPS) is 17.2. The van der Waals surface area contributed by atoms with E-state index in [1.54, 1.807) is 6.07 Å². The van der Waals surface area contributed by atoms with Gasteiger partial charge in [-0.25, -0.2) is 14.2 Å². The average Bonchev–Trinajstić information content (AvgIpc) is 3.49. The minimum Gasteiger partial charge on any atom is -0.478 e. The van der Waals surface area contributed by atoms with Crippen LogP contribution >= 0.6 is 0 Å². The van der Waals surface area contributed by atoms with E-state index >= 15 is 0 Å². The lowest BCUT2D eigenvalue weighted by atomic mass is 10.0. The van der Waals surface area contributed by atoms with Crippen molar-refractivity contribution >= 4 is 28.6 Å². The van der Waals surface area contributed by atoms with Gasteiger partial charge in [0.25, 0.3) is 0 Å². The molecule has 1 saturated heterocycles. The first-order valence-corrected chi connectivity index (χ1v) is 14.7. The number of aromatic carboxylic acids is 1. The van der Waals surface area contributed by atoms with Crippen molar-refractivity contribution in [3.63, 3.8) is 0 Å². The van der Waals surface area contributed by atoms with Gasteiger partial charge in [-0.1, -0.05) is 54.6 Å². The number of imidazole rings is 1. The molecular weight excluding hydrogens is 575 g/mol. The maximum absolute atomic E-state index is 14.9. The summed E-state index contributed by atoms with van der Waals surface area (Å²) >= 11 is 0. The first-order valence-electron chi connectivity index (χ1n) is 14.7. The summed E-state index contributed by atoms with van der Waals surface area (Å²) in [5, 5.41) is 15.4. The number of fused-ring (bicyclic) bond motifs is 1. The topological polar surface area (TPSA) is 155 Å². The summed E-state index contributed by atoms with van der Waals surface area (Å²) in [5.74, 6) is -1.29. The molecule has 3 heterocycles. The van der Waals surface area contributed by atoms with Gasteiger partial charge in [0.1, 0.15) is 11.6 Å². The Hall–Kier alpha value is -4.97. The van der Waals surface area contributed by atoms with E-state index in [-0.39, 0.29) is 17.7 Å². The van der Waals surface area contributed by atoms with Gasteiger partial charge in [-0.15, -0.1) is 0 Å². The summed E-state index contributed by atoms with van der Waals surface area (Å²) in [6, 6.07) is 21.6. The largest absolute Gasteiger partial charge is 0.478 e. The molecule has 10 nitrogen and oxygen atoms in total. The van der Waals surface area contributed by atoms with Crippen LogP contribution in [0.3, 0.4) is 0 Å². The number of amides is 1. The highest BCUT2D eigenvalue weighted by Crippen LogP contribution is 2.25. The number of aromatic nitrogens is 3. The van der Waals surface area contributed by atoms with Crippen molar-refractivity contribution < 1.29 is 23.8 Å². The number of rotatable bonds is 10. The van der Waals surface area contributed by atoms with E-state index in [9.17, 15) is 19.1 Å². The fourth-order valence-electron chi connectivity index (χ4n) is 5.47. The Labute approximate surface area is 258 Å². The van der Waals surface area contributed by atoms with Crippen molar-refractivity contribution in [3.05, 3.63) is 114 Å².